The van der Waals surface area contributed by atoms with Gasteiger partial charge in [0.25, 0.3) is 0 Å². The van der Waals surface area contributed by atoms with Crippen LogP contribution in [0.5, 0.6) is 5.75 Å². The van der Waals surface area contributed by atoms with Gasteiger partial charge in [0.15, 0.2) is 5.78 Å². The first-order chi connectivity index (χ1) is 11.2. The summed E-state index contributed by atoms with van der Waals surface area (Å²) in [5.41, 5.74) is 0.401. The van der Waals surface area contributed by atoms with Gasteiger partial charge < -0.3 is 10.0 Å². The molecular weight excluding hydrogens is 290 g/mol. The van der Waals surface area contributed by atoms with Gasteiger partial charge >= 0.3 is 0 Å². The second-order valence-corrected chi connectivity index (χ2v) is 6.82. The third-order valence-electron chi connectivity index (χ3n) is 5.31. The summed E-state index contributed by atoms with van der Waals surface area (Å²) < 4.78 is 0. The van der Waals surface area contributed by atoms with Gasteiger partial charge in [-0.3, -0.25) is 9.59 Å². The van der Waals surface area contributed by atoms with E-state index in [9.17, 15) is 14.7 Å². The number of phenolic OH excluding ortho intramolecular Hbond substituents is 1. The van der Waals surface area contributed by atoms with Crippen LogP contribution in [0.15, 0.2) is 24.3 Å². The van der Waals surface area contributed by atoms with Gasteiger partial charge in [-0.15, -0.1) is 0 Å². The average molecular weight is 315 g/mol. The molecule has 0 spiro atoms. The largest absolute Gasteiger partial charge is 0.507 e. The number of Topliss-reactive ketones (excluding diaryl/α,β-unsaturated/α-hetero) is 1. The van der Waals surface area contributed by atoms with Gasteiger partial charge in [0.05, 0.1) is 5.56 Å². The van der Waals surface area contributed by atoms with Crippen molar-refractivity contribution in [1.82, 2.24) is 4.90 Å². The Balaban J connectivity index is 1.72. The second kappa shape index (κ2) is 7.16. The Morgan fingerprint density at radius 1 is 1.04 bits per heavy atom. The molecule has 1 saturated heterocycles. The number of amides is 1. The molecule has 4 heteroatoms. The van der Waals surface area contributed by atoms with E-state index >= 15 is 0 Å². The van der Waals surface area contributed by atoms with Crippen molar-refractivity contribution in [2.45, 2.75) is 44.9 Å². The van der Waals surface area contributed by atoms with E-state index in [1.165, 1.54) is 0 Å². The number of likely N-dealkylation sites (tertiary alicyclic amines) is 1. The lowest BCUT2D eigenvalue weighted by molar-refractivity contribution is -0.131. The molecule has 2 aliphatic rings. The minimum absolute atomic E-state index is 0.00187. The Kier molecular flexibility index (Phi) is 4.99. The SMILES string of the molecule is O=C(c1ccccc1O)C1CCCCC1CC(=O)N1CCCC1. The highest BCUT2D eigenvalue weighted by molar-refractivity contribution is 6.00. The lowest BCUT2D eigenvalue weighted by atomic mass is 9.73. The monoisotopic (exact) mass is 315 g/mol. The normalized spacial score (nSPS) is 24.6. The molecule has 1 saturated carbocycles. The summed E-state index contributed by atoms with van der Waals surface area (Å²) in [4.78, 5) is 27.2. The van der Waals surface area contributed by atoms with Crippen molar-refractivity contribution in [3.8, 4) is 5.75 Å². The van der Waals surface area contributed by atoms with E-state index in [2.05, 4.69) is 0 Å². The van der Waals surface area contributed by atoms with Crippen LogP contribution in [0.25, 0.3) is 0 Å². The first kappa shape index (κ1) is 16.0. The zero-order valence-electron chi connectivity index (χ0n) is 13.5. The van der Waals surface area contributed by atoms with Crippen molar-refractivity contribution < 1.29 is 14.7 Å². The van der Waals surface area contributed by atoms with Crippen molar-refractivity contribution in [2.24, 2.45) is 11.8 Å². The fraction of sp³-hybridized carbons (Fsp3) is 0.579. The Bertz CT molecular complexity index is 578. The zero-order valence-corrected chi connectivity index (χ0v) is 13.5. The van der Waals surface area contributed by atoms with Crippen molar-refractivity contribution in [3.63, 3.8) is 0 Å². The maximum Gasteiger partial charge on any atom is 0.222 e. The number of hydrogen-bond donors (Lipinski definition) is 1. The van der Waals surface area contributed by atoms with E-state index in [-0.39, 0.29) is 29.3 Å². The standard InChI is InChI=1S/C19H25NO3/c21-17-10-4-3-9-16(17)19(23)15-8-2-1-7-14(15)13-18(22)20-11-5-6-12-20/h3-4,9-10,14-15,21H,1-2,5-8,11-13H2. The molecule has 1 aromatic carbocycles. The van der Waals surface area contributed by atoms with E-state index in [0.29, 0.717) is 12.0 Å². The number of nitrogens with zero attached hydrogens (tertiary/aromatic N) is 1. The molecule has 2 atom stereocenters. The molecule has 1 aliphatic heterocycles. The van der Waals surface area contributed by atoms with Crippen molar-refractivity contribution >= 4 is 11.7 Å². The van der Waals surface area contributed by atoms with E-state index in [4.69, 9.17) is 0 Å². The van der Waals surface area contributed by atoms with Crippen LogP contribution in [0.2, 0.25) is 0 Å². The second-order valence-electron chi connectivity index (χ2n) is 6.82. The van der Waals surface area contributed by atoms with Crippen LogP contribution in [0.4, 0.5) is 0 Å². The number of hydrogen-bond acceptors (Lipinski definition) is 3. The van der Waals surface area contributed by atoms with Crippen molar-refractivity contribution in [3.05, 3.63) is 29.8 Å². The summed E-state index contributed by atoms with van der Waals surface area (Å²) in [5.74, 6) is 0.228. The maximum absolute atomic E-state index is 12.8. The van der Waals surface area contributed by atoms with Gasteiger partial charge in [0.1, 0.15) is 5.75 Å². The first-order valence-corrected chi connectivity index (χ1v) is 8.77. The van der Waals surface area contributed by atoms with Crippen molar-refractivity contribution in [2.75, 3.05) is 13.1 Å². The number of ketones is 1. The van der Waals surface area contributed by atoms with Crippen LogP contribution >= 0.6 is 0 Å². The summed E-state index contributed by atoms with van der Waals surface area (Å²) in [6, 6.07) is 6.74. The third kappa shape index (κ3) is 3.57. The number of carbonyl (C=O) groups is 2. The molecule has 124 valence electrons. The molecule has 0 bridgehead atoms. The van der Waals surface area contributed by atoms with Crippen LogP contribution in [-0.4, -0.2) is 34.8 Å². The number of benzene rings is 1. The number of phenols is 1. The quantitative estimate of drug-likeness (QED) is 0.866. The maximum atomic E-state index is 12.8. The molecule has 2 fully saturated rings. The molecule has 1 aromatic rings. The molecule has 1 N–H and O–H groups in total. The highest BCUT2D eigenvalue weighted by atomic mass is 16.3. The van der Waals surface area contributed by atoms with Gasteiger partial charge in [-0.05, 0) is 43.7 Å². The molecule has 2 unspecified atom stereocenters. The number of aromatic hydroxyl groups is 1. The van der Waals surface area contributed by atoms with Crippen LogP contribution in [0, 0.1) is 11.8 Å². The minimum atomic E-state index is -0.136. The Morgan fingerprint density at radius 2 is 1.74 bits per heavy atom. The summed E-state index contributed by atoms with van der Waals surface area (Å²) in [7, 11) is 0. The molecule has 0 radical (unpaired) electrons. The zero-order chi connectivity index (χ0) is 16.2. The smallest absolute Gasteiger partial charge is 0.222 e. The van der Waals surface area contributed by atoms with Gasteiger partial charge in [0, 0.05) is 25.4 Å². The molecule has 3 rings (SSSR count). The van der Waals surface area contributed by atoms with Gasteiger partial charge in [-0.2, -0.15) is 0 Å². The fourth-order valence-electron chi connectivity index (χ4n) is 4.00. The third-order valence-corrected chi connectivity index (χ3v) is 5.31. The van der Waals surface area contributed by atoms with Crippen molar-refractivity contribution in [1.29, 1.82) is 0 Å². The van der Waals surface area contributed by atoms with Crippen LogP contribution in [-0.2, 0) is 4.79 Å². The summed E-state index contributed by atoms with van der Waals surface area (Å²) in [6.45, 7) is 1.73. The highest BCUT2D eigenvalue weighted by Gasteiger charge is 2.34. The van der Waals surface area contributed by atoms with E-state index in [1.807, 2.05) is 4.90 Å². The molecule has 1 amide bonds. The van der Waals surface area contributed by atoms with Gasteiger partial charge in [0.2, 0.25) is 5.91 Å². The first-order valence-electron chi connectivity index (χ1n) is 8.77. The molecule has 4 nitrogen and oxygen atoms in total. The van der Waals surface area contributed by atoms with E-state index in [1.54, 1.807) is 24.3 Å². The number of para-hydroxylation sites is 1. The summed E-state index contributed by atoms with van der Waals surface area (Å²) in [6.07, 6.45) is 6.53. The lowest BCUT2D eigenvalue weighted by Gasteiger charge is -2.31. The van der Waals surface area contributed by atoms with Gasteiger partial charge in [-0.1, -0.05) is 25.0 Å². The number of rotatable bonds is 4. The minimum Gasteiger partial charge on any atom is -0.507 e. The predicted molar refractivity (Wildman–Crippen MR) is 88.3 cm³/mol. The van der Waals surface area contributed by atoms with E-state index in [0.717, 1.165) is 51.6 Å². The lowest BCUT2D eigenvalue weighted by Crippen LogP contribution is -2.34. The summed E-state index contributed by atoms with van der Waals surface area (Å²) in [5, 5.41) is 9.96. The fourth-order valence-corrected chi connectivity index (χ4v) is 4.00. The van der Waals surface area contributed by atoms with Gasteiger partial charge in [-0.25, -0.2) is 0 Å². The van der Waals surface area contributed by atoms with E-state index < -0.39 is 0 Å². The Labute approximate surface area is 137 Å². The Morgan fingerprint density at radius 3 is 2.48 bits per heavy atom. The topological polar surface area (TPSA) is 57.6 Å². The van der Waals surface area contributed by atoms with Crippen LogP contribution in [0.1, 0.15) is 55.3 Å². The molecule has 0 aromatic heterocycles. The molecule has 23 heavy (non-hydrogen) atoms. The summed E-state index contributed by atoms with van der Waals surface area (Å²) >= 11 is 0. The number of carbonyl (C=O) groups excluding carboxylic acids is 2. The molecular formula is C19H25NO3. The Hall–Kier alpha value is -1.84. The molecule has 1 aliphatic carbocycles. The predicted octanol–water partition coefficient (Wildman–Crippen LogP) is 3.39. The average Bonchev–Trinajstić information content (AvgIpc) is 3.10. The molecule has 1 heterocycles. The highest BCUT2D eigenvalue weighted by Crippen LogP contribution is 2.36. The van der Waals surface area contributed by atoms with Crippen LogP contribution < -0.4 is 0 Å². The van der Waals surface area contributed by atoms with Crippen LogP contribution in [0.3, 0.4) is 0 Å².